The summed E-state index contributed by atoms with van der Waals surface area (Å²) < 4.78 is 8.73. The fourth-order valence-electron chi connectivity index (χ4n) is 6.25. The van der Waals surface area contributed by atoms with E-state index in [1.807, 2.05) is 63.4 Å². The van der Waals surface area contributed by atoms with Gasteiger partial charge in [0.15, 0.2) is 11.6 Å². The highest BCUT2D eigenvalue weighted by Crippen LogP contribution is 2.39. The molecule has 0 radical (unpaired) electrons. The van der Waals surface area contributed by atoms with Crippen LogP contribution in [0.15, 0.2) is 90.6 Å². The summed E-state index contributed by atoms with van der Waals surface area (Å²) in [6.45, 7) is 7.56. The van der Waals surface area contributed by atoms with Gasteiger partial charge in [-0.2, -0.15) is 10.2 Å². The van der Waals surface area contributed by atoms with E-state index in [0.29, 0.717) is 34.2 Å². The van der Waals surface area contributed by atoms with E-state index in [1.165, 1.54) is 11.3 Å². The average molecular weight is 726 g/mol. The lowest BCUT2D eigenvalue weighted by atomic mass is 9.73. The second-order valence-electron chi connectivity index (χ2n) is 12.5. The van der Waals surface area contributed by atoms with Crippen LogP contribution >= 0.6 is 11.3 Å². The lowest BCUT2D eigenvalue weighted by molar-refractivity contribution is -0.126. The standard InChI is InChI=1S/C38H35N11O3S/c1-22-16-24(3)48(46-22)34-19-33(43-35(45-34)30-9-7-15-53-30)44-36(51)38(20-32(39)50,27-10-12-28(52-5)13-11-27)31-18-29(26-8-6-14-40-21-26)41-37(42-31)49-25(4)17-23(2)47-49/h6-19,21H,20H2,1-5H3,(H2,39,50)(H,43,44,45,51). The summed E-state index contributed by atoms with van der Waals surface area (Å²) in [6.07, 6.45) is 2.86. The molecule has 0 aliphatic carbocycles. The van der Waals surface area contributed by atoms with Crippen LogP contribution < -0.4 is 15.8 Å². The van der Waals surface area contributed by atoms with Crippen LogP contribution in [-0.2, 0) is 15.0 Å². The molecule has 15 heteroatoms. The SMILES string of the molecule is COc1ccc(C(CC(N)=O)(C(=O)Nc2cc(-n3nc(C)cc3C)nc(-c3cccs3)n2)c2cc(-c3cccnc3)nc(-n3nc(C)cc3C)n2)cc1. The molecule has 14 nitrogen and oxygen atoms in total. The number of primary amides is 1. The number of thiophene rings is 1. The molecule has 7 rings (SSSR count). The second-order valence-corrected chi connectivity index (χ2v) is 13.4. The number of nitrogens with zero attached hydrogens (tertiary/aromatic N) is 9. The zero-order chi connectivity index (χ0) is 37.3. The van der Waals surface area contributed by atoms with Gasteiger partial charge in [-0.05, 0) is 87.2 Å². The molecule has 1 aromatic carbocycles. The molecule has 1 unspecified atom stereocenters. The molecule has 0 saturated carbocycles. The van der Waals surface area contributed by atoms with Gasteiger partial charge >= 0.3 is 0 Å². The minimum atomic E-state index is -1.81. The first-order valence-electron chi connectivity index (χ1n) is 16.6. The number of anilines is 1. The van der Waals surface area contributed by atoms with Gasteiger partial charge in [-0.25, -0.2) is 29.3 Å². The molecule has 0 aliphatic rings. The van der Waals surface area contributed by atoms with Gasteiger partial charge in [-0.3, -0.25) is 14.6 Å². The highest BCUT2D eigenvalue weighted by atomic mass is 32.1. The smallest absolute Gasteiger partial charge is 0.251 e. The number of ether oxygens (including phenoxy) is 1. The molecular formula is C38H35N11O3S. The number of carbonyl (C=O) groups excluding carboxylic acids is 2. The lowest BCUT2D eigenvalue weighted by Gasteiger charge is -2.32. The van der Waals surface area contributed by atoms with Crippen molar-refractivity contribution in [1.82, 2.24) is 44.5 Å². The van der Waals surface area contributed by atoms with Gasteiger partial charge in [-0.1, -0.05) is 18.2 Å². The Bertz CT molecular complexity index is 2440. The molecule has 266 valence electrons. The molecular weight excluding hydrogens is 691 g/mol. The maximum absolute atomic E-state index is 15.3. The van der Waals surface area contributed by atoms with Gasteiger partial charge in [-0.15, -0.1) is 11.3 Å². The van der Waals surface area contributed by atoms with Crippen molar-refractivity contribution < 1.29 is 14.3 Å². The molecule has 0 aliphatic heterocycles. The third-order valence-corrected chi connectivity index (χ3v) is 9.51. The van der Waals surface area contributed by atoms with Crippen molar-refractivity contribution in [2.24, 2.45) is 5.73 Å². The third kappa shape index (κ3) is 6.89. The Morgan fingerprint density at radius 3 is 2.21 bits per heavy atom. The first-order chi connectivity index (χ1) is 25.5. The van der Waals surface area contributed by atoms with Crippen molar-refractivity contribution in [1.29, 1.82) is 0 Å². The van der Waals surface area contributed by atoms with Crippen LogP contribution in [0.4, 0.5) is 5.82 Å². The van der Waals surface area contributed by atoms with Crippen molar-refractivity contribution >= 4 is 29.0 Å². The highest BCUT2D eigenvalue weighted by Gasteiger charge is 2.46. The number of hydrogen-bond acceptors (Lipinski definition) is 11. The number of rotatable bonds is 11. The van der Waals surface area contributed by atoms with Crippen LogP contribution in [0, 0.1) is 27.7 Å². The number of nitrogens with two attached hydrogens (primary N) is 1. The van der Waals surface area contributed by atoms with Crippen molar-refractivity contribution in [2.45, 2.75) is 39.5 Å². The fourth-order valence-corrected chi connectivity index (χ4v) is 6.91. The zero-order valence-corrected chi connectivity index (χ0v) is 30.4. The Kier molecular flexibility index (Phi) is 9.32. The van der Waals surface area contributed by atoms with Gasteiger partial charge in [0.2, 0.25) is 11.8 Å². The number of hydrogen-bond donors (Lipinski definition) is 2. The van der Waals surface area contributed by atoms with Gasteiger partial charge in [0.1, 0.15) is 17.0 Å². The third-order valence-electron chi connectivity index (χ3n) is 8.64. The first kappa shape index (κ1) is 34.8. The van der Waals surface area contributed by atoms with E-state index >= 15 is 4.79 Å². The van der Waals surface area contributed by atoms with E-state index < -0.39 is 23.7 Å². The number of methoxy groups -OCH3 is 1. The van der Waals surface area contributed by atoms with Gasteiger partial charge in [0.25, 0.3) is 5.95 Å². The van der Waals surface area contributed by atoms with Crippen LogP contribution in [0.3, 0.4) is 0 Å². The Hall–Kier alpha value is -6.61. The molecule has 1 atom stereocenters. The van der Waals surface area contributed by atoms with Crippen LogP contribution in [0.1, 0.15) is 40.5 Å². The van der Waals surface area contributed by atoms with E-state index in [0.717, 1.165) is 27.7 Å². The molecule has 0 saturated heterocycles. The number of aromatic nitrogens is 9. The summed E-state index contributed by atoms with van der Waals surface area (Å²) in [5.74, 6) is 0.395. The van der Waals surface area contributed by atoms with E-state index in [9.17, 15) is 4.79 Å². The van der Waals surface area contributed by atoms with E-state index in [4.69, 9.17) is 30.4 Å². The molecule has 2 amide bonds. The summed E-state index contributed by atoms with van der Waals surface area (Å²) in [5.41, 5.74) is 9.11. The summed E-state index contributed by atoms with van der Waals surface area (Å²) in [7, 11) is 1.55. The van der Waals surface area contributed by atoms with Crippen molar-refractivity contribution in [3.63, 3.8) is 0 Å². The topological polar surface area (TPSA) is 182 Å². The zero-order valence-electron chi connectivity index (χ0n) is 29.6. The minimum Gasteiger partial charge on any atom is -0.497 e. The monoisotopic (exact) mass is 725 g/mol. The van der Waals surface area contributed by atoms with Crippen LogP contribution in [0.2, 0.25) is 0 Å². The quantitative estimate of drug-likeness (QED) is 0.174. The summed E-state index contributed by atoms with van der Waals surface area (Å²) in [6, 6.07) is 21.4. The number of amides is 2. The molecule has 6 aromatic heterocycles. The molecule has 3 N–H and O–H groups in total. The number of nitrogens with one attached hydrogen (secondary N) is 1. The summed E-state index contributed by atoms with van der Waals surface area (Å²) >= 11 is 1.46. The second kappa shape index (κ2) is 14.2. The average Bonchev–Trinajstić information content (AvgIpc) is 3.90. The first-order valence-corrected chi connectivity index (χ1v) is 17.5. The van der Waals surface area contributed by atoms with Crippen LogP contribution in [-0.4, -0.2) is 63.4 Å². The molecule has 53 heavy (non-hydrogen) atoms. The number of benzene rings is 1. The highest BCUT2D eigenvalue weighted by molar-refractivity contribution is 7.13. The fraction of sp³-hybridized carbons (Fsp3) is 0.184. The maximum Gasteiger partial charge on any atom is 0.251 e. The predicted octanol–water partition coefficient (Wildman–Crippen LogP) is 5.47. The van der Waals surface area contributed by atoms with Crippen LogP contribution in [0.5, 0.6) is 5.75 Å². The largest absolute Gasteiger partial charge is 0.497 e. The van der Waals surface area contributed by atoms with E-state index in [2.05, 4.69) is 20.5 Å². The van der Waals surface area contributed by atoms with Crippen LogP contribution in [0.25, 0.3) is 33.7 Å². The van der Waals surface area contributed by atoms with E-state index in [1.54, 1.807) is 71.3 Å². The molecule has 0 bridgehead atoms. The van der Waals surface area contributed by atoms with E-state index in [-0.39, 0.29) is 17.5 Å². The lowest BCUT2D eigenvalue weighted by Crippen LogP contribution is -2.45. The Labute approximate surface area is 308 Å². The van der Waals surface area contributed by atoms with Crippen molar-refractivity contribution in [3.05, 3.63) is 125 Å². The molecule has 0 fully saturated rings. The molecule has 6 heterocycles. The number of aryl methyl sites for hydroxylation is 4. The number of carbonyl (C=O) groups is 2. The Morgan fingerprint density at radius 2 is 1.60 bits per heavy atom. The van der Waals surface area contributed by atoms with Crippen molar-refractivity contribution in [2.75, 3.05) is 12.4 Å². The Balaban J connectivity index is 1.47. The van der Waals surface area contributed by atoms with Gasteiger partial charge in [0.05, 0.1) is 41.2 Å². The molecule has 7 aromatic rings. The predicted molar refractivity (Wildman–Crippen MR) is 200 cm³/mol. The Morgan fingerprint density at radius 1 is 0.868 bits per heavy atom. The van der Waals surface area contributed by atoms with Gasteiger partial charge < -0.3 is 15.8 Å². The maximum atomic E-state index is 15.3. The normalized spacial score (nSPS) is 12.3. The van der Waals surface area contributed by atoms with Gasteiger partial charge in [0, 0.05) is 35.4 Å². The summed E-state index contributed by atoms with van der Waals surface area (Å²) in [4.78, 5) is 53.0. The minimum absolute atomic E-state index is 0.179. The van der Waals surface area contributed by atoms with Crippen molar-refractivity contribution in [3.8, 4) is 39.5 Å². The molecule has 0 spiro atoms. The summed E-state index contributed by atoms with van der Waals surface area (Å²) in [5, 5.41) is 14.2. The number of pyridine rings is 1.